The van der Waals surface area contributed by atoms with Gasteiger partial charge in [-0.15, -0.1) is 0 Å². The molecule has 0 atom stereocenters. The van der Waals surface area contributed by atoms with Crippen LogP contribution in [0.5, 0.6) is 17.2 Å². The number of benzene rings is 2. The molecule has 0 radical (unpaired) electrons. The first-order chi connectivity index (χ1) is 14.0. The van der Waals surface area contributed by atoms with E-state index in [4.69, 9.17) is 26.3 Å². The second-order valence-electron chi connectivity index (χ2n) is 5.88. The van der Waals surface area contributed by atoms with Crippen LogP contribution < -0.4 is 20.7 Å². The van der Waals surface area contributed by atoms with E-state index in [0.717, 1.165) is 5.56 Å². The number of allylic oxidation sites excluding steroid dienone is 1. The lowest BCUT2D eigenvalue weighted by Crippen LogP contribution is -2.30. The van der Waals surface area contributed by atoms with Gasteiger partial charge in [0.05, 0.1) is 12.6 Å². The van der Waals surface area contributed by atoms with E-state index in [9.17, 15) is 9.59 Å². The van der Waals surface area contributed by atoms with Crippen LogP contribution in [0.3, 0.4) is 0 Å². The molecule has 146 valence electrons. The van der Waals surface area contributed by atoms with Gasteiger partial charge in [-0.2, -0.15) is 5.26 Å². The Labute approximate surface area is 171 Å². The van der Waals surface area contributed by atoms with Crippen molar-refractivity contribution >= 4 is 17.7 Å². The molecule has 2 aromatic carbocycles. The molecule has 8 heteroatoms. The highest BCUT2D eigenvalue weighted by molar-refractivity contribution is 6.30. The Balaban J connectivity index is 1.74. The molecule has 29 heavy (non-hydrogen) atoms. The van der Waals surface area contributed by atoms with Crippen molar-refractivity contribution < 1.29 is 9.47 Å². The lowest BCUT2D eigenvalue weighted by molar-refractivity contribution is 0.283. The number of nitrogens with one attached hydrogen (secondary N) is 1. The third-order valence-electron chi connectivity index (χ3n) is 3.83. The molecule has 0 bridgehead atoms. The maximum Gasteiger partial charge on any atom is 0.328 e. The van der Waals surface area contributed by atoms with Crippen LogP contribution >= 0.6 is 11.6 Å². The molecule has 1 aromatic heterocycles. The van der Waals surface area contributed by atoms with E-state index >= 15 is 0 Å². The van der Waals surface area contributed by atoms with E-state index in [-0.39, 0.29) is 13.2 Å². The van der Waals surface area contributed by atoms with Crippen molar-refractivity contribution in [3.8, 4) is 23.3 Å². The first kappa shape index (κ1) is 20.0. The number of nitrogens with zero attached hydrogens (tertiary/aromatic N) is 2. The van der Waals surface area contributed by atoms with Gasteiger partial charge >= 0.3 is 5.69 Å². The minimum atomic E-state index is -0.508. The Morgan fingerprint density at radius 3 is 2.79 bits per heavy atom. The number of hydrogen-bond acceptors (Lipinski definition) is 5. The predicted molar refractivity (Wildman–Crippen MR) is 109 cm³/mol. The molecule has 0 spiro atoms. The highest BCUT2D eigenvalue weighted by Crippen LogP contribution is 2.34. The van der Waals surface area contributed by atoms with Gasteiger partial charge < -0.3 is 9.47 Å². The topological polar surface area (TPSA) is 97.1 Å². The van der Waals surface area contributed by atoms with E-state index in [0.29, 0.717) is 22.3 Å². The zero-order valence-electron chi connectivity index (χ0n) is 15.2. The number of halogens is 1. The lowest BCUT2D eigenvalue weighted by Gasteiger charge is -2.14. The molecule has 0 aliphatic heterocycles. The van der Waals surface area contributed by atoms with Crippen LogP contribution in [0.4, 0.5) is 0 Å². The first-order valence-corrected chi connectivity index (χ1v) is 8.99. The fourth-order valence-corrected chi connectivity index (χ4v) is 2.66. The molecule has 1 N–H and O–H groups in total. The zero-order valence-corrected chi connectivity index (χ0v) is 15.9. The molecule has 0 amide bonds. The highest BCUT2D eigenvalue weighted by Gasteiger charge is 2.09. The molecule has 3 aromatic rings. The van der Waals surface area contributed by atoms with E-state index in [2.05, 4.69) is 4.98 Å². The summed E-state index contributed by atoms with van der Waals surface area (Å²) in [7, 11) is 0. The summed E-state index contributed by atoms with van der Waals surface area (Å²) in [6.45, 7) is 0.392. The monoisotopic (exact) mass is 409 g/mol. The summed E-state index contributed by atoms with van der Waals surface area (Å²) < 4.78 is 13.0. The third kappa shape index (κ3) is 5.61. The molecule has 0 aliphatic rings. The summed E-state index contributed by atoms with van der Waals surface area (Å²) in [6, 6.07) is 15.4. The molecule has 1 heterocycles. The second-order valence-corrected chi connectivity index (χ2v) is 6.32. The maximum absolute atomic E-state index is 11.7. The van der Waals surface area contributed by atoms with E-state index in [1.165, 1.54) is 22.9 Å². The van der Waals surface area contributed by atoms with Gasteiger partial charge in [-0.25, -0.2) is 4.79 Å². The molecule has 3 rings (SSSR count). The van der Waals surface area contributed by atoms with Crippen molar-refractivity contribution in [1.29, 1.82) is 5.26 Å². The Bertz CT molecular complexity index is 1190. The van der Waals surface area contributed by atoms with Crippen LogP contribution in [0.2, 0.25) is 5.02 Å². The van der Waals surface area contributed by atoms with E-state index in [1.807, 2.05) is 18.2 Å². The Morgan fingerprint density at radius 1 is 1.14 bits per heavy atom. The summed E-state index contributed by atoms with van der Waals surface area (Å²) in [5.41, 5.74) is -0.145. The van der Waals surface area contributed by atoms with Crippen molar-refractivity contribution in [3.05, 3.63) is 92.2 Å². The minimum Gasteiger partial charge on any atom is -0.488 e. The van der Waals surface area contributed by atoms with Crippen LogP contribution in [0.1, 0.15) is 5.56 Å². The summed E-state index contributed by atoms with van der Waals surface area (Å²) in [5.74, 6) is 1.42. The molecule has 0 fully saturated rings. The zero-order chi connectivity index (χ0) is 20.6. The van der Waals surface area contributed by atoms with Gasteiger partial charge in [-0.1, -0.05) is 23.7 Å². The number of H-pyrrole nitrogens is 1. The average Bonchev–Trinajstić information content (AvgIpc) is 2.70. The van der Waals surface area contributed by atoms with Gasteiger partial charge in [0.15, 0.2) is 11.5 Å². The van der Waals surface area contributed by atoms with Crippen molar-refractivity contribution in [1.82, 2.24) is 9.55 Å². The normalized spacial score (nSPS) is 10.6. The van der Waals surface area contributed by atoms with Crippen LogP contribution in [-0.4, -0.2) is 16.2 Å². The highest BCUT2D eigenvalue weighted by atomic mass is 35.5. The molecular weight excluding hydrogens is 394 g/mol. The first-order valence-electron chi connectivity index (χ1n) is 8.61. The average molecular weight is 410 g/mol. The fourth-order valence-electron chi connectivity index (χ4n) is 2.50. The predicted octanol–water partition coefficient (Wildman–Crippen LogP) is 3.60. The number of hydrogen-bond donors (Lipinski definition) is 1. The molecule has 7 nitrogen and oxygen atoms in total. The Kier molecular flexibility index (Phi) is 6.51. The Morgan fingerprint density at radius 2 is 2.00 bits per heavy atom. The molecule has 0 aliphatic carbocycles. The minimum absolute atomic E-state index is 0.160. The Hall–Kier alpha value is -3.76. The van der Waals surface area contributed by atoms with E-state index < -0.39 is 11.2 Å². The standard InChI is InChI=1S/C21H16ClN3O4/c22-16-6-7-18(29-17-5-1-3-15(13-17)4-2-9-23)19(14-16)28-12-11-25-10-8-20(26)24-21(25)27/h1-8,10,13-14H,11-12H2,(H,24,26,27)/b4-2+. The third-order valence-corrected chi connectivity index (χ3v) is 4.06. The lowest BCUT2D eigenvalue weighted by atomic mass is 10.2. The van der Waals surface area contributed by atoms with Crippen molar-refractivity contribution in [3.63, 3.8) is 0 Å². The second kappa shape index (κ2) is 9.44. The van der Waals surface area contributed by atoms with Gasteiger partial charge in [0.2, 0.25) is 0 Å². The fraction of sp³-hybridized carbons (Fsp3) is 0.0952. The maximum atomic E-state index is 11.7. The number of ether oxygens (including phenoxy) is 2. The van der Waals surface area contributed by atoms with Crippen LogP contribution in [0, 0.1) is 11.3 Å². The van der Waals surface area contributed by atoms with Gasteiger partial charge in [-0.3, -0.25) is 14.3 Å². The van der Waals surface area contributed by atoms with E-state index in [1.54, 1.807) is 36.4 Å². The number of aromatic amines is 1. The molecule has 0 saturated carbocycles. The van der Waals surface area contributed by atoms with Crippen molar-refractivity contribution in [2.45, 2.75) is 6.54 Å². The molecule has 0 unspecified atom stereocenters. The molecular formula is C21H16ClN3O4. The van der Waals surface area contributed by atoms with Gasteiger partial charge in [0, 0.05) is 29.4 Å². The van der Waals surface area contributed by atoms with Crippen molar-refractivity contribution in [2.75, 3.05) is 6.61 Å². The van der Waals surface area contributed by atoms with Gasteiger partial charge in [0.1, 0.15) is 12.4 Å². The van der Waals surface area contributed by atoms with Gasteiger partial charge in [-0.05, 0) is 35.9 Å². The van der Waals surface area contributed by atoms with Crippen LogP contribution in [0.15, 0.2) is 70.4 Å². The summed E-state index contributed by atoms with van der Waals surface area (Å²) >= 11 is 6.07. The van der Waals surface area contributed by atoms with Crippen LogP contribution in [-0.2, 0) is 6.54 Å². The SMILES string of the molecule is N#C/C=C/c1cccc(Oc2ccc(Cl)cc2OCCn2ccc(=O)[nH]c2=O)c1. The van der Waals surface area contributed by atoms with Crippen LogP contribution in [0.25, 0.3) is 6.08 Å². The van der Waals surface area contributed by atoms with Crippen molar-refractivity contribution in [2.24, 2.45) is 0 Å². The largest absolute Gasteiger partial charge is 0.488 e. The summed E-state index contributed by atoms with van der Waals surface area (Å²) in [4.78, 5) is 25.0. The smallest absolute Gasteiger partial charge is 0.328 e. The number of nitriles is 1. The number of aromatic nitrogens is 2. The van der Waals surface area contributed by atoms with Gasteiger partial charge in [0.25, 0.3) is 5.56 Å². The summed E-state index contributed by atoms with van der Waals surface area (Å²) in [6.07, 6.45) is 4.46. The number of rotatable bonds is 7. The molecule has 0 saturated heterocycles. The summed E-state index contributed by atoms with van der Waals surface area (Å²) in [5, 5.41) is 9.13. The quantitative estimate of drug-likeness (QED) is 0.601.